The van der Waals surface area contributed by atoms with Crippen LogP contribution in [0.15, 0.2) is 18.2 Å². The lowest BCUT2D eigenvalue weighted by Gasteiger charge is -2.02. The highest BCUT2D eigenvalue weighted by molar-refractivity contribution is 5.49. The van der Waals surface area contributed by atoms with E-state index >= 15 is 0 Å². The molecule has 1 nitrogen and oxygen atoms in total. The number of rotatable bonds is 1. The molecule has 0 saturated heterocycles. The Morgan fingerprint density at radius 2 is 1.83 bits per heavy atom. The van der Waals surface area contributed by atoms with Gasteiger partial charge >= 0.3 is 0 Å². The molecule has 0 fully saturated rings. The van der Waals surface area contributed by atoms with Gasteiger partial charge in [0.15, 0.2) is 0 Å². The van der Waals surface area contributed by atoms with Gasteiger partial charge in [-0.15, -0.1) is 0 Å². The van der Waals surface area contributed by atoms with Gasteiger partial charge in [-0.05, 0) is 24.6 Å². The molecule has 12 heavy (non-hydrogen) atoms. The topological polar surface area (TPSA) is 12.0 Å². The first-order chi connectivity index (χ1) is 5.74. The van der Waals surface area contributed by atoms with Crippen LogP contribution in [0.4, 0.5) is 10.1 Å². The fraction of sp³-hybridized carbons (Fsp3) is 0.400. The average Bonchev–Trinajstić information content (AvgIpc) is 2.13. The van der Waals surface area contributed by atoms with Crippen molar-refractivity contribution in [2.24, 2.45) is 0 Å². The van der Waals surface area contributed by atoms with Gasteiger partial charge in [0.2, 0.25) is 0 Å². The minimum atomic E-state index is -0.199. The van der Waals surface area contributed by atoms with Crippen molar-refractivity contribution in [1.29, 1.82) is 0 Å². The minimum absolute atomic E-state index is 0.199. The maximum Gasteiger partial charge on any atom is 0.125 e. The lowest BCUT2D eigenvalue weighted by molar-refractivity contribution is 0.628. The summed E-state index contributed by atoms with van der Waals surface area (Å²) >= 11 is 0. The monoisotopic (exact) mass is 169 g/mol. The second kappa shape index (κ2) is 5.58. The summed E-state index contributed by atoms with van der Waals surface area (Å²) in [5.74, 6) is -0.199. The second-order valence-corrected chi connectivity index (χ2v) is 2.21. The largest absolute Gasteiger partial charge is 0.388 e. The van der Waals surface area contributed by atoms with E-state index in [0.29, 0.717) is 0 Å². The summed E-state index contributed by atoms with van der Waals surface area (Å²) in [4.78, 5) is 0. The number of hydrogen-bond acceptors (Lipinski definition) is 1. The third-order valence-corrected chi connectivity index (χ3v) is 1.47. The Morgan fingerprint density at radius 1 is 1.25 bits per heavy atom. The Balaban J connectivity index is 0.000000561. The smallest absolute Gasteiger partial charge is 0.125 e. The minimum Gasteiger partial charge on any atom is -0.388 e. The Bertz CT molecular complexity index is 233. The third-order valence-electron chi connectivity index (χ3n) is 1.47. The van der Waals surface area contributed by atoms with Gasteiger partial charge in [-0.1, -0.05) is 19.9 Å². The molecule has 0 heterocycles. The Hall–Kier alpha value is -1.05. The molecule has 0 aliphatic heterocycles. The number of hydrogen-bond donors (Lipinski definition) is 1. The summed E-state index contributed by atoms with van der Waals surface area (Å²) in [6.45, 7) is 5.94. The molecule has 0 saturated carbocycles. The van der Waals surface area contributed by atoms with Crippen LogP contribution in [0.1, 0.15) is 19.4 Å². The van der Waals surface area contributed by atoms with Gasteiger partial charge in [-0.3, -0.25) is 0 Å². The van der Waals surface area contributed by atoms with Gasteiger partial charge in [0.05, 0.1) is 0 Å². The molecule has 0 radical (unpaired) electrons. The van der Waals surface area contributed by atoms with Gasteiger partial charge in [0, 0.05) is 12.7 Å². The summed E-state index contributed by atoms with van der Waals surface area (Å²) in [5.41, 5.74) is 1.91. The maximum absolute atomic E-state index is 12.5. The van der Waals surface area contributed by atoms with Crippen molar-refractivity contribution < 1.29 is 4.39 Å². The van der Waals surface area contributed by atoms with Crippen molar-refractivity contribution in [3.05, 3.63) is 29.6 Å². The van der Waals surface area contributed by atoms with Gasteiger partial charge in [0.1, 0.15) is 5.82 Å². The molecule has 1 rings (SSSR count). The Labute approximate surface area is 73.6 Å². The summed E-state index contributed by atoms with van der Waals surface area (Å²) in [7, 11) is 1.78. The normalized spacial score (nSPS) is 8.42. The number of aryl methyl sites for hydroxylation is 1. The van der Waals surface area contributed by atoms with E-state index in [1.807, 2.05) is 20.8 Å². The molecule has 1 N–H and O–H groups in total. The Morgan fingerprint density at radius 3 is 2.25 bits per heavy atom. The van der Waals surface area contributed by atoms with Crippen LogP contribution in [-0.2, 0) is 0 Å². The quantitative estimate of drug-likeness (QED) is 0.680. The molecule has 1 aromatic rings. The molecule has 0 aliphatic carbocycles. The van der Waals surface area contributed by atoms with E-state index in [0.717, 1.165) is 11.3 Å². The Kier molecular flexibility index (Phi) is 5.09. The van der Waals surface area contributed by atoms with Crippen LogP contribution in [0, 0.1) is 12.7 Å². The molecule has 0 aromatic heterocycles. The predicted octanol–water partition coefficient (Wildman–Crippen LogP) is 3.20. The van der Waals surface area contributed by atoms with Crippen LogP contribution in [0.2, 0.25) is 0 Å². The molecule has 0 aliphatic rings. The standard InChI is InChI=1S/C8H10FN.C2H6/c1-6-3-4-7(9)5-8(6)10-2;1-2/h3-5,10H,1-2H3;1-2H3. The van der Waals surface area contributed by atoms with E-state index in [-0.39, 0.29) is 5.82 Å². The number of halogens is 1. The molecule has 0 unspecified atom stereocenters. The van der Waals surface area contributed by atoms with Gasteiger partial charge in [-0.25, -0.2) is 4.39 Å². The summed E-state index contributed by atoms with van der Waals surface area (Å²) in [6.07, 6.45) is 0. The molecule has 1 aromatic carbocycles. The lowest BCUT2D eigenvalue weighted by Crippen LogP contribution is -1.91. The first kappa shape index (κ1) is 11.0. The van der Waals surface area contributed by atoms with E-state index in [1.54, 1.807) is 13.1 Å². The van der Waals surface area contributed by atoms with Crippen molar-refractivity contribution >= 4 is 5.69 Å². The second-order valence-electron chi connectivity index (χ2n) is 2.21. The van der Waals surface area contributed by atoms with Crippen molar-refractivity contribution in [2.75, 3.05) is 12.4 Å². The highest BCUT2D eigenvalue weighted by Crippen LogP contribution is 2.14. The van der Waals surface area contributed by atoms with E-state index < -0.39 is 0 Å². The first-order valence-corrected chi connectivity index (χ1v) is 4.18. The van der Waals surface area contributed by atoms with Crippen LogP contribution >= 0.6 is 0 Å². The molecule has 0 spiro atoms. The number of anilines is 1. The fourth-order valence-electron chi connectivity index (χ4n) is 0.864. The SMILES string of the molecule is CC.CNc1cc(F)ccc1C. The molecule has 0 atom stereocenters. The highest BCUT2D eigenvalue weighted by Gasteiger charge is 1.95. The zero-order chi connectivity index (χ0) is 9.56. The maximum atomic E-state index is 12.5. The summed E-state index contributed by atoms with van der Waals surface area (Å²) in [5, 5.41) is 2.90. The third kappa shape index (κ3) is 2.91. The van der Waals surface area contributed by atoms with Crippen LogP contribution in [0.3, 0.4) is 0 Å². The molecular formula is C10H16FN. The van der Waals surface area contributed by atoms with Gasteiger partial charge in [-0.2, -0.15) is 0 Å². The van der Waals surface area contributed by atoms with Crippen molar-refractivity contribution in [3.8, 4) is 0 Å². The van der Waals surface area contributed by atoms with Gasteiger partial charge in [0.25, 0.3) is 0 Å². The van der Waals surface area contributed by atoms with Crippen molar-refractivity contribution in [2.45, 2.75) is 20.8 Å². The van der Waals surface area contributed by atoms with E-state index in [9.17, 15) is 4.39 Å². The lowest BCUT2D eigenvalue weighted by atomic mass is 10.2. The first-order valence-electron chi connectivity index (χ1n) is 4.18. The highest BCUT2D eigenvalue weighted by atomic mass is 19.1. The molecular weight excluding hydrogens is 153 g/mol. The summed E-state index contributed by atoms with van der Waals surface area (Å²) < 4.78 is 12.5. The number of nitrogens with one attached hydrogen (secondary N) is 1. The zero-order valence-electron chi connectivity index (χ0n) is 8.11. The van der Waals surface area contributed by atoms with E-state index in [4.69, 9.17) is 0 Å². The average molecular weight is 169 g/mol. The fourth-order valence-corrected chi connectivity index (χ4v) is 0.864. The molecule has 2 heteroatoms. The van der Waals surface area contributed by atoms with Crippen molar-refractivity contribution in [1.82, 2.24) is 0 Å². The van der Waals surface area contributed by atoms with Crippen LogP contribution in [0.5, 0.6) is 0 Å². The zero-order valence-corrected chi connectivity index (χ0v) is 8.11. The van der Waals surface area contributed by atoms with Crippen LogP contribution in [-0.4, -0.2) is 7.05 Å². The molecule has 0 bridgehead atoms. The van der Waals surface area contributed by atoms with Crippen LogP contribution < -0.4 is 5.32 Å². The van der Waals surface area contributed by atoms with E-state index in [1.165, 1.54) is 12.1 Å². The van der Waals surface area contributed by atoms with Gasteiger partial charge < -0.3 is 5.32 Å². The van der Waals surface area contributed by atoms with Crippen molar-refractivity contribution in [3.63, 3.8) is 0 Å². The van der Waals surface area contributed by atoms with Crippen LogP contribution in [0.25, 0.3) is 0 Å². The molecule has 68 valence electrons. The summed E-state index contributed by atoms with van der Waals surface area (Å²) in [6, 6.07) is 4.69. The van der Waals surface area contributed by atoms with E-state index in [2.05, 4.69) is 5.32 Å². The predicted molar refractivity (Wildman–Crippen MR) is 52.0 cm³/mol. The number of benzene rings is 1. The molecule has 0 amide bonds.